The summed E-state index contributed by atoms with van der Waals surface area (Å²) in [6.07, 6.45) is 0.876. The van der Waals surface area contributed by atoms with Crippen LogP contribution >= 0.6 is 27.3 Å². The molecule has 0 aliphatic rings. The molecule has 0 radical (unpaired) electrons. The summed E-state index contributed by atoms with van der Waals surface area (Å²) in [6.45, 7) is 0. The Labute approximate surface area is 120 Å². The smallest absolute Gasteiger partial charge is 0.133 e. The van der Waals surface area contributed by atoms with Crippen LogP contribution in [0.25, 0.3) is 0 Å². The largest absolute Gasteiger partial charge is 0.496 e. The quantitative estimate of drug-likeness (QED) is 0.756. The van der Waals surface area contributed by atoms with Crippen molar-refractivity contribution >= 4 is 27.3 Å². The van der Waals surface area contributed by atoms with Gasteiger partial charge in [0.1, 0.15) is 11.5 Å². The molecule has 0 aliphatic heterocycles. The van der Waals surface area contributed by atoms with Gasteiger partial charge in [-0.3, -0.25) is 0 Å². The van der Waals surface area contributed by atoms with Gasteiger partial charge in [-0.15, -0.1) is 11.3 Å². The van der Waals surface area contributed by atoms with Crippen LogP contribution in [0, 0.1) is 0 Å². The summed E-state index contributed by atoms with van der Waals surface area (Å²) in [6, 6.07) is 10.1. The Hall–Kier alpha value is -1.00. The highest BCUT2D eigenvalue weighted by molar-refractivity contribution is 9.09. The van der Waals surface area contributed by atoms with Crippen LogP contribution in [0.1, 0.15) is 15.3 Å². The molecule has 2 aromatic rings. The van der Waals surface area contributed by atoms with Gasteiger partial charge in [0.2, 0.25) is 0 Å². The van der Waals surface area contributed by atoms with Gasteiger partial charge in [-0.2, -0.15) is 0 Å². The lowest BCUT2D eigenvalue weighted by Gasteiger charge is -2.13. The topological polar surface area (TPSA) is 18.5 Å². The molecule has 18 heavy (non-hydrogen) atoms. The Balaban J connectivity index is 2.18. The molecule has 1 heterocycles. The number of alkyl halides is 1. The molecule has 1 aromatic heterocycles. The molecule has 0 saturated heterocycles. The predicted molar refractivity (Wildman–Crippen MR) is 79.2 cm³/mol. The maximum absolute atomic E-state index is 5.37. The molecule has 0 bridgehead atoms. The van der Waals surface area contributed by atoms with E-state index in [9.17, 15) is 0 Å². The fraction of sp³-hybridized carbons (Fsp3) is 0.286. The number of rotatable bonds is 5. The first-order chi connectivity index (χ1) is 8.76. The highest BCUT2D eigenvalue weighted by Gasteiger charge is 2.16. The molecule has 0 N–H and O–H groups in total. The van der Waals surface area contributed by atoms with E-state index < -0.39 is 0 Å². The number of halogens is 1. The molecule has 0 aliphatic carbocycles. The van der Waals surface area contributed by atoms with Crippen molar-refractivity contribution in [1.29, 1.82) is 0 Å². The van der Waals surface area contributed by atoms with E-state index in [0.717, 1.165) is 17.9 Å². The summed E-state index contributed by atoms with van der Waals surface area (Å²) in [5, 5.41) is 2.05. The van der Waals surface area contributed by atoms with Crippen molar-refractivity contribution in [3.8, 4) is 11.5 Å². The zero-order valence-electron chi connectivity index (χ0n) is 10.4. The first-order valence-corrected chi connectivity index (χ1v) is 7.43. The first kappa shape index (κ1) is 13.4. The zero-order chi connectivity index (χ0) is 13.0. The molecule has 0 amide bonds. The number of thiophene rings is 1. The number of ether oxygens (including phenoxy) is 2. The molecule has 0 spiro atoms. The van der Waals surface area contributed by atoms with Crippen molar-refractivity contribution in [2.24, 2.45) is 0 Å². The fourth-order valence-corrected chi connectivity index (χ4v) is 3.60. The van der Waals surface area contributed by atoms with E-state index >= 15 is 0 Å². The third-order valence-corrected chi connectivity index (χ3v) is 4.85. The average Bonchev–Trinajstić information content (AvgIpc) is 2.87. The summed E-state index contributed by atoms with van der Waals surface area (Å²) >= 11 is 5.43. The maximum atomic E-state index is 5.37. The monoisotopic (exact) mass is 326 g/mol. The lowest BCUT2D eigenvalue weighted by molar-refractivity contribution is 0.407. The summed E-state index contributed by atoms with van der Waals surface area (Å²) in [4.78, 5) is 1.45. The summed E-state index contributed by atoms with van der Waals surface area (Å²) in [5.74, 6) is 1.87. The van der Waals surface area contributed by atoms with E-state index in [0.29, 0.717) is 0 Å². The molecular formula is C14H15BrO2S. The Bertz CT molecular complexity index is 510. The molecule has 1 unspecified atom stereocenters. The molecule has 1 atom stereocenters. The Morgan fingerprint density at radius 2 is 1.83 bits per heavy atom. The predicted octanol–water partition coefficient (Wildman–Crippen LogP) is 4.44. The highest BCUT2D eigenvalue weighted by Crippen LogP contribution is 2.39. The van der Waals surface area contributed by atoms with Crippen molar-refractivity contribution < 1.29 is 9.47 Å². The number of methoxy groups -OCH3 is 2. The molecule has 96 valence electrons. The van der Waals surface area contributed by atoms with Crippen LogP contribution in [0.2, 0.25) is 0 Å². The number of hydrogen-bond acceptors (Lipinski definition) is 3. The summed E-state index contributed by atoms with van der Waals surface area (Å²) < 4.78 is 10.7. The standard InChI is InChI=1S/C14H15BrO2S/c1-16-12-6-4-3-5-10(12)9-11(15)14-13(17-2)7-8-18-14/h3-8,11H,9H2,1-2H3. The second-order valence-corrected chi connectivity index (χ2v) is 5.89. The van der Waals surface area contributed by atoms with Crippen molar-refractivity contribution in [3.05, 3.63) is 46.2 Å². The van der Waals surface area contributed by atoms with Crippen LogP contribution < -0.4 is 9.47 Å². The van der Waals surface area contributed by atoms with E-state index in [1.165, 1.54) is 10.4 Å². The summed E-state index contributed by atoms with van der Waals surface area (Å²) in [7, 11) is 3.40. The van der Waals surface area contributed by atoms with Crippen LogP contribution in [-0.2, 0) is 6.42 Å². The minimum Gasteiger partial charge on any atom is -0.496 e. The molecule has 4 heteroatoms. The van der Waals surface area contributed by atoms with Gasteiger partial charge in [0.05, 0.1) is 23.9 Å². The van der Waals surface area contributed by atoms with Gasteiger partial charge in [0.25, 0.3) is 0 Å². The highest BCUT2D eigenvalue weighted by atomic mass is 79.9. The van der Waals surface area contributed by atoms with E-state index in [-0.39, 0.29) is 4.83 Å². The number of benzene rings is 1. The zero-order valence-corrected chi connectivity index (χ0v) is 12.8. The van der Waals surface area contributed by atoms with Crippen LogP contribution in [0.15, 0.2) is 35.7 Å². The van der Waals surface area contributed by atoms with Crippen molar-refractivity contribution in [2.75, 3.05) is 14.2 Å². The van der Waals surface area contributed by atoms with Gasteiger partial charge < -0.3 is 9.47 Å². The van der Waals surface area contributed by atoms with Gasteiger partial charge in [0, 0.05) is 0 Å². The molecular weight excluding hydrogens is 312 g/mol. The second-order valence-electron chi connectivity index (χ2n) is 3.84. The van der Waals surface area contributed by atoms with E-state index in [1.807, 2.05) is 29.6 Å². The van der Waals surface area contributed by atoms with Crippen LogP contribution in [0.3, 0.4) is 0 Å². The third kappa shape index (κ3) is 2.87. The first-order valence-electron chi connectivity index (χ1n) is 5.63. The van der Waals surface area contributed by atoms with Gasteiger partial charge in [-0.25, -0.2) is 0 Å². The Kier molecular flexibility index (Phi) is 4.66. The molecule has 0 saturated carbocycles. The van der Waals surface area contributed by atoms with Gasteiger partial charge in [-0.1, -0.05) is 34.1 Å². The fourth-order valence-electron chi connectivity index (χ4n) is 1.86. The van der Waals surface area contributed by atoms with E-state index in [2.05, 4.69) is 22.0 Å². The van der Waals surface area contributed by atoms with Crippen LogP contribution in [-0.4, -0.2) is 14.2 Å². The summed E-state index contributed by atoms with van der Waals surface area (Å²) in [5.41, 5.74) is 1.19. The number of para-hydroxylation sites is 1. The second kappa shape index (κ2) is 6.25. The number of hydrogen-bond donors (Lipinski definition) is 0. The van der Waals surface area contributed by atoms with Crippen LogP contribution in [0.5, 0.6) is 11.5 Å². The minimum atomic E-state index is 0.240. The van der Waals surface area contributed by atoms with E-state index in [1.54, 1.807) is 25.6 Å². The third-order valence-electron chi connectivity index (χ3n) is 2.75. The lowest BCUT2D eigenvalue weighted by atomic mass is 10.1. The maximum Gasteiger partial charge on any atom is 0.133 e. The normalized spacial score (nSPS) is 12.2. The van der Waals surface area contributed by atoms with Crippen molar-refractivity contribution in [1.82, 2.24) is 0 Å². The van der Waals surface area contributed by atoms with E-state index in [4.69, 9.17) is 9.47 Å². The van der Waals surface area contributed by atoms with Gasteiger partial charge in [0.15, 0.2) is 0 Å². The molecule has 1 aromatic carbocycles. The van der Waals surface area contributed by atoms with Crippen molar-refractivity contribution in [2.45, 2.75) is 11.2 Å². The SMILES string of the molecule is COc1ccccc1CC(Br)c1sccc1OC. The van der Waals surface area contributed by atoms with Gasteiger partial charge >= 0.3 is 0 Å². The van der Waals surface area contributed by atoms with Crippen LogP contribution in [0.4, 0.5) is 0 Å². The Morgan fingerprint density at radius 1 is 1.11 bits per heavy atom. The lowest BCUT2D eigenvalue weighted by Crippen LogP contribution is -1.98. The Morgan fingerprint density at radius 3 is 2.56 bits per heavy atom. The molecule has 2 rings (SSSR count). The molecule has 0 fully saturated rings. The minimum absolute atomic E-state index is 0.240. The van der Waals surface area contributed by atoms with Crippen molar-refractivity contribution in [3.63, 3.8) is 0 Å². The van der Waals surface area contributed by atoms with Gasteiger partial charge in [-0.05, 0) is 29.5 Å². The molecule has 2 nitrogen and oxygen atoms in total. The average molecular weight is 327 g/mol.